The first-order chi connectivity index (χ1) is 13.6. The van der Waals surface area contributed by atoms with Crippen molar-refractivity contribution in [3.05, 3.63) is 89.8 Å². The summed E-state index contributed by atoms with van der Waals surface area (Å²) in [5.41, 5.74) is 2.54. The van der Waals surface area contributed by atoms with Gasteiger partial charge in [0.25, 0.3) is 5.91 Å². The van der Waals surface area contributed by atoms with E-state index in [0.717, 1.165) is 11.3 Å². The van der Waals surface area contributed by atoms with E-state index in [4.69, 9.17) is 4.42 Å². The van der Waals surface area contributed by atoms with Gasteiger partial charge in [-0.15, -0.1) is 0 Å². The third-order valence-corrected chi connectivity index (χ3v) is 4.21. The average molecular weight is 376 g/mol. The molecule has 0 aliphatic heterocycles. The number of nitrogens with one attached hydrogen (secondary N) is 1. The summed E-state index contributed by atoms with van der Waals surface area (Å²) in [5.74, 6) is 0.0413. The summed E-state index contributed by atoms with van der Waals surface area (Å²) in [7, 11) is 0. The van der Waals surface area contributed by atoms with Crippen LogP contribution in [-0.4, -0.2) is 20.7 Å². The summed E-state index contributed by atoms with van der Waals surface area (Å²) in [6, 6.07) is 17.3. The highest BCUT2D eigenvalue weighted by Gasteiger charge is 2.20. The van der Waals surface area contributed by atoms with Crippen molar-refractivity contribution in [1.29, 1.82) is 0 Å². The lowest BCUT2D eigenvalue weighted by atomic mass is 10.1. The molecule has 4 aromatic rings. The number of aryl methyl sites for hydroxylation is 1. The fraction of sp³-hybridized carbons (Fsp3) is 0.0952. The largest absolute Gasteiger partial charge is 0.443 e. The zero-order chi connectivity index (χ0) is 19.5. The Balaban J connectivity index is 1.59. The maximum Gasteiger partial charge on any atom is 0.279 e. The number of anilines is 1. The van der Waals surface area contributed by atoms with Gasteiger partial charge in [-0.1, -0.05) is 30.3 Å². The van der Waals surface area contributed by atoms with Crippen molar-refractivity contribution in [2.75, 3.05) is 5.32 Å². The van der Waals surface area contributed by atoms with Gasteiger partial charge in [-0.25, -0.2) is 14.1 Å². The van der Waals surface area contributed by atoms with Crippen LogP contribution in [0.5, 0.6) is 0 Å². The Morgan fingerprint density at radius 3 is 2.64 bits per heavy atom. The number of rotatable bonds is 5. The van der Waals surface area contributed by atoms with Gasteiger partial charge in [0.15, 0.2) is 17.8 Å². The molecule has 0 aliphatic rings. The molecule has 7 heteroatoms. The van der Waals surface area contributed by atoms with Crippen molar-refractivity contribution < 1.29 is 13.6 Å². The van der Waals surface area contributed by atoms with Crippen LogP contribution in [0, 0.1) is 12.7 Å². The number of amides is 1. The Morgan fingerprint density at radius 1 is 1.14 bits per heavy atom. The lowest BCUT2D eigenvalue weighted by Gasteiger charge is -2.09. The fourth-order valence-corrected chi connectivity index (χ4v) is 2.91. The Hall–Kier alpha value is -3.74. The molecular weight excluding hydrogens is 359 g/mol. The van der Waals surface area contributed by atoms with Crippen LogP contribution in [-0.2, 0) is 6.54 Å². The highest BCUT2D eigenvalue weighted by atomic mass is 19.1. The van der Waals surface area contributed by atoms with E-state index >= 15 is 0 Å². The third kappa shape index (κ3) is 3.68. The van der Waals surface area contributed by atoms with Crippen molar-refractivity contribution in [2.24, 2.45) is 0 Å². The summed E-state index contributed by atoms with van der Waals surface area (Å²) in [4.78, 5) is 16.8. The lowest BCUT2D eigenvalue weighted by Crippen LogP contribution is -2.17. The van der Waals surface area contributed by atoms with E-state index in [1.54, 1.807) is 10.7 Å². The second kappa shape index (κ2) is 7.48. The zero-order valence-electron chi connectivity index (χ0n) is 15.1. The van der Waals surface area contributed by atoms with Crippen molar-refractivity contribution in [1.82, 2.24) is 14.8 Å². The van der Waals surface area contributed by atoms with Crippen molar-refractivity contribution in [3.63, 3.8) is 0 Å². The van der Waals surface area contributed by atoms with Crippen LogP contribution in [0.2, 0.25) is 0 Å². The van der Waals surface area contributed by atoms with Crippen LogP contribution in [0.15, 0.2) is 71.5 Å². The summed E-state index contributed by atoms with van der Waals surface area (Å²) >= 11 is 0. The minimum absolute atomic E-state index is 0.122. The van der Waals surface area contributed by atoms with Crippen molar-refractivity contribution in [2.45, 2.75) is 13.5 Å². The molecule has 0 radical (unpaired) electrons. The summed E-state index contributed by atoms with van der Waals surface area (Å²) in [5, 5.41) is 7.29. The third-order valence-electron chi connectivity index (χ3n) is 4.21. The molecule has 0 saturated carbocycles. The van der Waals surface area contributed by atoms with Gasteiger partial charge in [-0.3, -0.25) is 4.79 Å². The quantitative estimate of drug-likeness (QED) is 0.564. The van der Waals surface area contributed by atoms with E-state index < -0.39 is 5.91 Å². The van der Waals surface area contributed by atoms with Crippen LogP contribution >= 0.6 is 0 Å². The van der Waals surface area contributed by atoms with Gasteiger partial charge in [-0.05, 0) is 36.8 Å². The normalized spacial score (nSPS) is 10.8. The first kappa shape index (κ1) is 17.7. The lowest BCUT2D eigenvalue weighted by molar-refractivity contribution is 0.102. The molecule has 2 aromatic heterocycles. The number of aromatic nitrogens is 3. The highest BCUT2D eigenvalue weighted by Crippen LogP contribution is 2.24. The van der Waals surface area contributed by atoms with E-state index in [9.17, 15) is 9.18 Å². The molecule has 0 bridgehead atoms. The van der Waals surface area contributed by atoms with Gasteiger partial charge in [0.2, 0.25) is 0 Å². The number of carbonyl (C=O) groups excluding carboxylic acids is 1. The number of hydrogen-bond acceptors (Lipinski definition) is 4. The first-order valence-corrected chi connectivity index (χ1v) is 8.69. The van der Waals surface area contributed by atoms with Crippen LogP contribution in [0.25, 0.3) is 11.3 Å². The molecule has 28 heavy (non-hydrogen) atoms. The second-order valence-corrected chi connectivity index (χ2v) is 6.31. The molecule has 0 unspecified atom stereocenters. The molecule has 140 valence electrons. The predicted octanol–water partition coefficient (Wildman–Crippen LogP) is 4.29. The first-order valence-electron chi connectivity index (χ1n) is 8.69. The van der Waals surface area contributed by atoms with E-state index in [2.05, 4.69) is 15.4 Å². The predicted molar refractivity (Wildman–Crippen MR) is 102 cm³/mol. The summed E-state index contributed by atoms with van der Waals surface area (Å²) < 4.78 is 20.3. The SMILES string of the molecule is Cc1cc(NC(=O)c2ncoc2-c2ccc(F)cc2)n(Cc2ccccc2)n1. The molecular formula is C21H17FN4O2. The molecule has 0 aliphatic carbocycles. The Morgan fingerprint density at radius 2 is 1.89 bits per heavy atom. The van der Waals surface area contributed by atoms with Crippen LogP contribution < -0.4 is 5.32 Å². The number of benzene rings is 2. The number of oxazole rings is 1. The van der Waals surface area contributed by atoms with Gasteiger partial charge in [0.1, 0.15) is 11.6 Å². The van der Waals surface area contributed by atoms with Gasteiger partial charge >= 0.3 is 0 Å². The summed E-state index contributed by atoms with van der Waals surface area (Å²) in [6.07, 6.45) is 1.19. The molecule has 0 fully saturated rings. The Kier molecular flexibility index (Phi) is 4.72. The molecule has 2 heterocycles. The monoisotopic (exact) mass is 376 g/mol. The van der Waals surface area contributed by atoms with Gasteiger partial charge in [0.05, 0.1) is 12.2 Å². The van der Waals surface area contributed by atoms with E-state index in [1.165, 1.54) is 30.7 Å². The van der Waals surface area contributed by atoms with E-state index in [-0.39, 0.29) is 17.3 Å². The zero-order valence-corrected chi connectivity index (χ0v) is 15.1. The maximum atomic E-state index is 13.2. The van der Waals surface area contributed by atoms with E-state index in [0.29, 0.717) is 17.9 Å². The molecule has 4 rings (SSSR count). The molecule has 0 spiro atoms. The van der Waals surface area contributed by atoms with E-state index in [1.807, 2.05) is 37.3 Å². The second-order valence-electron chi connectivity index (χ2n) is 6.31. The molecule has 6 nitrogen and oxygen atoms in total. The minimum Gasteiger partial charge on any atom is -0.443 e. The molecule has 0 atom stereocenters. The number of halogens is 1. The maximum absolute atomic E-state index is 13.2. The standard InChI is InChI=1S/C21H17FN4O2/c1-14-11-18(26(25-14)12-15-5-3-2-4-6-15)24-21(27)19-20(28-13-23-19)16-7-9-17(22)10-8-16/h2-11,13H,12H2,1H3,(H,24,27). The number of hydrogen-bond donors (Lipinski definition) is 1. The molecule has 2 aromatic carbocycles. The smallest absolute Gasteiger partial charge is 0.279 e. The van der Waals surface area contributed by atoms with Crippen molar-refractivity contribution >= 4 is 11.7 Å². The minimum atomic E-state index is -0.428. The number of nitrogens with zero attached hydrogens (tertiary/aromatic N) is 3. The van der Waals surface area contributed by atoms with Crippen LogP contribution in [0.4, 0.5) is 10.2 Å². The van der Waals surface area contributed by atoms with Crippen LogP contribution in [0.1, 0.15) is 21.7 Å². The Labute approximate surface area is 160 Å². The van der Waals surface area contributed by atoms with Crippen LogP contribution in [0.3, 0.4) is 0 Å². The average Bonchev–Trinajstić information content (AvgIpc) is 3.30. The highest BCUT2D eigenvalue weighted by molar-refractivity contribution is 6.06. The number of carbonyl (C=O) groups is 1. The molecule has 1 amide bonds. The van der Waals surface area contributed by atoms with Gasteiger partial charge in [0, 0.05) is 11.6 Å². The molecule has 1 N–H and O–H groups in total. The topological polar surface area (TPSA) is 73.0 Å². The fourth-order valence-electron chi connectivity index (χ4n) is 2.91. The van der Waals surface area contributed by atoms with Gasteiger partial charge < -0.3 is 9.73 Å². The van der Waals surface area contributed by atoms with Gasteiger partial charge in [-0.2, -0.15) is 5.10 Å². The summed E-state index contributed by atoms with van der Waals surface area (Å²) in [6.45, 7) is 2.38. The van der Waals surface area contributed by atoms with Crippen molar-refractivity contribution in [3.8, 4) is 11.3 Å². The molecule has 0 saturated heterocycles. The Bertz CT molecular complexity index is 1100.